The van der Waals surface area contributed by atoms with E-state index in [1.165, 1.54) is 0 Å². The van der Waals surface area contributed by atoms with Crippen molar-refractivity contribution in [2.75, 3.05) is 18.8 Å². The molecule has 28 heavy (non-hydrogen) atoms. The molecule has 1 aromatic carbocycles. The molecule has 0 radical (unpaired) electrons. The van der Waals surface area contributed by atoms with E-state index < -0.39 is 6.10 Å². The van der Waals surface area contributed by atoms with Gasteiger partial charge in [-0.05, 0) is 37.6 Å². The molecular formula is C21H21N5O2. The van der Waals surface area contributed by atoms with Crippen LogP contribution in [0.5, 0.6) is 0 Å². The van der Waals surface area contributed by atoms with Crippen molar-refractivity contribution in [2.45, 2.75) is 19.4 Å². The maximum absolute atomic E-state index is 12.5. The lowest BCUT2D eigenvalue weighted by Crippen LogP contribution is -2.29. The molecule has 1 atom stereocenters. The number of aromatic nitrogens is 3. The van der Waals surface area contributed by atoms with Gasteiger partial charge in [-0.15, -0.1) is 0 Å². The average Bonchev–Trinajstić information content (AvgIpc) is 3.15. The van der Waals surface area contributed by atoms with E-state index in [0.29, 0.717) is 42.3 Å². The number of nitrogens with two attached hydrogens (primary N) is 1. The minimum absolute atomic E-state index is 0.0714. The zero-order chi connectivity index (χ0) is 19.7. The highest BCUT2D eigenvalue weighted by atomic mass is 16.3. The minimum Gasteiger partial charge on any atom is -0.391 e. The van der Waals surface area contributed by atoms with Gasteiger partial charge in [0.05, 0.1) is 18.0 Å². The summed E-state index contributed by atoms with van der Waals surface area (Å²) in [6, 6.07) is 11.0. The molecule has 4 rings (SSSR count). The molecule has 1 unspecified atom stereocenters. The Labute approximate surface area is 162 Å². The summed E-state index contributed by atoms with van der Waals surface area (Å²) in [6.45, 7) is 2.89. The SMILES string of the molecule is Cc1ccc(-c2nc(-c3ccc(C(=O)N4CCC(O)C4)cc3)cnc2N)cn1. The number of aliphatic hydroxyl groups excluding tert-OH is 1. The summed E-state index contributed by atoms with van der Waals surface area (Å²) < 4.78 is 0. The fourth-order valence-corrected chi connectivity index (χ4v) is 3.25. The second kappa shape index (κ2) is 7.36. The number of aliphatic hydroxyl groups is 1. The highest BCUT2D eigenvalue weighted by Crippen LogP contribution is 2.26. The summed E-state index contributed by atoms with van der Waals surface area (Å²) in [5.74, 6) is 0.270. The molecular weight excluding hydrogens is 354 g/mol. The summed E-state index contributed by atoms with van der Waals surface area (Å²) in [5, 5.41) is 9.62. The van der Waals surface area contributed by atoms with Crippen LogP contribution in [0, 0.1) is 6.92 Å². The highest BCUT2D eigenvalue weighted by molar-refractivity contribution is 5.95. The van der Waals surface area contributed by atoms with Crippen LogP contribution >= 0.6 is 0 Å². The molecule has 7 heteroatoms. The van der Waals surface area contributed by atoms with Gasteiger partial charge < -0.3 is 15.7 Å². The Morgan fingerprint density at radius 3 is 2.50 bits per heavy atom. The van der Waals surface area contributed by atoms with Gasteiger partial charge in [-0.25, -0.2) is 9.97 Å². The van der Waals surface area contributed by atoms with Crippen LogP contribution < -0.4 is 5.73 Å². The van der Waals surface area contributed by atoms with Crippen molar-refractivity contribution >= 4 is 11.7 Å². The summed E-state index contributed by atoms with van der Waals surface area (Å²) in [5.41, 5.74) is 10.4. The molecule has 3 aromatic rings. The van der Waals surface area contributed by atoms with E-state index in [4.69, 9.17) is 5.73 Å². The summed E-state index contributed by atoms with van der Waals surface area (Å²) in [7, 11) is 0. The van der Waals surface area contributed by atoms with Crippen LogP contribution in [0.4, 0.5) is 5.82 Å². The lowest BCUT2D eigenvalue weighted by atomic mass is 10.1. The van der Waals surface area contributed by atoms with Crippen molar-refractivity contribution in [3.05, 3.63) is 60.0 Å². The maximum Gasteiger partial charge on any atom is 0.253 e. The van der Waals surface area contributed by atoms with Crippen LogP contribution in [-0.4, -0.2) is 50.1 Å². The minimum atomic E-state index is -0.428. The van der Waals surface area contributed by atoms with Crippen molar-refractivity contribution < 1.29 is 9.90 Å². The Morgan fingerprint density at radius 1 is 1.11 bits per heavy atom. The number of rotatable bonds is 3. The predicted octanol–water partition coefficient (Wildman–Crippen LogP) is 2.30. The Balaban J connectivity index is 1.60. The van der Waals surface area contributed by atoms with Gasteiger partial charge in [0.1, 0.15) is 11.5 Å². The number of amides is 1. The van der Waals surface area contributed by atoms with Crippen molar-refractivity contribution in [3.63, 3.8) is 0 Å². The molecule has 142 valence electrons. The number of carbonyl (C=O) groups excluding carboxylic acids is 1. The summed E-state index contributed by atoms with van der Waals surface area (Å²) in [4.78, 5) is 27.4. The van der Waals surface area contributed by atoms with Gasteiger partial charge in [-0.1, -0.05) is 12.1 Å². The molecule has 0 spiro atoms. The Bertz CT molecular complexity index is 1000. The number of likely N-dealkylation sites (tertiary alicyclic amines) is 1. The summed E-state index contributed by atoms with van der Waals surface area (Å²) in [6.07, 6.45) is 3.55. The van der Waals surface area contributed by atoms with Crippen molar-refractivity contribution in [2.24, 2.45) is 0 Å². The third kappa shape index (κ3) is 3.57. The predicted molar refractivity (Wildman–Crippen MR) is 106 cm³/mol. The molecule has 1 saturated heterocycles. The maximum atomic E-state index is 12.5. The third-order valence-corrected chi connectivity index (χ3v) is 4.86. The molecule has 1 fully saturated rings. The third-order valence-electron chi connectivity index (χ3n) is 4.86. The Kier molecular flexibility index (Phi) is 4.75. The Hall–Kier alpha value is -3.32. The number of anilines is 1. The number of aryl methyl sites for hydroxylation is 1. The van der Waals surface area contributed by atoms with Gasteiger partial charge in [-0.2, -0.15) is 0 Å². The molecule has 0 aliphatic carbocycles. The monoisotopic (exact) mass is 375 g/mol. The number of β-amino-alcohol motifs (C(OH)–C–C–N with tert-alkyl or cyclic N) is 1. The van der Waals surface area contributed by atoms with Gasteiger partial charge in [0.15, 0.2) is 0 Å². The van der Waals surface area contributed by atoms with Crippen molar-refractivity contribution in [1.29, 1.82) is 0 Å². The standard InChI is InChI=1S/C21H21N5O2/c1-13-2-3-16(10-23-13)19-20(22)24-11-18(25-19)14-4-6-15(7-5-14)21(28)26-9-8-17(27)12-26/h2-7,10-11,17,27H,8-9,12H2,1H3,(H2,22,24). The fraction of sp³-hybridized carbons (Fsp3) is 0.238. The number of hydrogen-bond donors (Lipinski definition) is 2. The van der Waals surface area contributed by atoms with Gasteiger partial charge in [0.25, 0.3) is 5.91 Å². The molecule has 1 aliphatic rings. The second-order valence-electron chi connectivity index (χ2n) is 6.95. The number of pyridine rings is 1. The largest absolute Gasteiger partial charge is 0.391 e. The molecule has 1 aliphatic heterocycles. The molecule has 0 bridgehead atoms. The van der Waals surface area contributed by atoms with Gasteiger partial charge in [-0.3, -0.25) is 9.78 Å². The number of carbonyl (C=O) groups is 1. The first-order valence-electron chi connectivity index (χ1n) is 9.14. The van der Waals surface area contributed by atoms with Gasteiger partial charge in [0, 0.05) is 41.7 Å². The van der Waals surface area contributed by atoms with Crippen LogP contribution in [0.3, 0.4) is 0 Å². The van der Waals surface area contributed by atoms with E-state index in [-0.39, 0.29) is 5.91 Å². The van der Waals surface area contributed by atoms with Crippen LogP contribution in [-0.2, 0) is 0 Å². The molecule has 0 saturated carbocycles. The number of nitrogens with zero attached hydrogens (tertiary/aromatic N) is 4. The van der Waals surface area contributed by atoms with E-state index in [9.17, 15) is 9.90 Å². The highest BCUT2D eigenvalue weighted by Gasteiger charge is 2.25. The van der Waals surface area contributed by atoms with Gasteiger partial charge in [0.2, 0.25) is 0 Å². The molecule has 3 N–H and O–H groups in total. The average molecular weight is 375 g/mol. The number of nitrogen functional groups attached to an aromatic ring is 1. The fourth-order valence-electron chi connectivity index (χ4n) is 3.25. The lowest BCUT2D eigenvalue weighted by Gasteiger charge is -2.15. The molecule has 3 heterocycles. The van der Waals surface area contributed by atoms with Crippen LogP contribution in [0.1, 0.15) is 22.5 Å². The van der Waals surface area contributed by atoms with Crippen LogP contribution in [0.25, 0.3) is 22.5 Å². The van der Waals surface area contributed by atoms with E-state index in [1.807, 2.05) is 31.2 Å². The first-order valence-corrected chi connectivity index (χ1v) is 9.14. The van der Waals surface area contributed by atoms with Crippen LogP contribution in [0.2, 0.25) is 0 Å². The lowest BCUT2D eigenvalue weighted by molar-refractivity contribution is 0.0765. The van der Waals surface area contributed by atoms with E-state index in [2.05, 4.69) is 15.0 Å². The molecule has 1 amide bonds. The van der Waals surface area contributed by atoms with Crippen molar-refractivity contribution in [1.82, 2.24) is 19.9 Å². The van der Waals surface area contributed by atoms with Crippen LogP contribution in [0.15, 0.2) is 48.8 Å². The second-order valence-corrected chi connectivity index (χ2v) is 6.95. The normalized spacial score (nSPS) is 16.4. The summed E-state index contributed by atoms with van der Waals surface area (Å²) >= 11 is 0. The van der Waals surface area contributed by atoms with E-state index in [0.717, 1.165) is 16.8 Å². The van der Waals surface area contributed by atoms with E-state index >= 15 is 0 Å². The number of benzene rings is 1. The molecule has 7 nitrogen and oxygen atoms in total. The van der Waals surface area contributed by atoms with Gasteiger partial charge >= 0.3 is 0 Å². The Morgan fingerprint density at radius 2 is 1.86 bits per heavy atom. The smallest absolute Gasteiger partial charge is 0.253 e. The first-order chi connectivity index (χ1) is 13.5. The zero-order valence-corrected chi connectivity index (χ0v) is 15.5. The topological polar surface area (TPSA) is 105 Å². The zero-order valence-electron chi connectivity index (χ0n) is 15.5. The van der Waals surface area contributed by atoms with E-state index in [1.54, 1.807) is 29.4 Å². The quantitative estimate of drug-likeness (QED) is 0.728. The molecule has 2 aromatic heterocycles. The number of hydrogen-bond acceptors (Lipinski definition) is 6. The first kappa shape index (κ1) is 18.1. The van der Waals surface area contributed by atoms with Crippen molar-refractivity contribution in [3.8, 4) is 22.5 Å².